The summed E-state index contributed by atoms with van der Waals surface area (Å²) in [6, 6.07) is 9.19. The number of carbonyl (C=O) groups is 2. The first kappa shape index (κ1) is 24.1. The number of nitrogens with one attached hydrogen (secondary N) is 1. The van der Waals surface area contributed by atoms with Gasteiger partial charge in [-0.25, -0.2) is 8.78 Å². The number of aliphatic hydroxyl groups excluding tert-OH is 1. The first-order valence-corrected chi connectivity index (χ1v) is 11.9. The average Bonchev–Trinajstić information content (AvgIpc) is 3.33. The zero-order chi connectivity index (χ0) is 25.6. The second-order valence-electron chi connectivity index (χ2n) is 9.61. The van der Waals surface area contributed by atoms with E-state index in [9.17, 15) is 18.4 Å². The molecule has 3 aliphatic rings. The van der Waals surface area contributed by atoms with Crippen LogP contribution >= 0.6 is 0 Å². The molecule has 1 fully saturated rings. The van der Waals surface area contributed by atoms with E-state index in [1.54, 1.807) is 18.2 Å². The van der Waals surface area contributed by atoms with E-state index in [0.29, 0.717) is 25.2 Å². The lowest BCUT2D eigenvalue weighted by atomic mass is 9.91. The molecular formula is C27H27F2N3O4. The van der Waals surface area contributed by atoms with E-state index in [1.165, 1.54) is 0 Å². The van der Waals surface area contributed by atoms with Crippen LogP contribution in [0.4, 0.5) is 14.5 Å². The zero-order valence-electron chi connectivity index (χ0n) is 20.1. The summed E-state index contributed by atoms with van der Waals surface area (Å²) in [6.45, 7) is 7.11. The number of amides is 2. The molecule has 1 saturated heterocycles. The molecule has 0 aliphatic carbocycles. The van der Waals surface area contributed by atoms with Crippen LogP contribution in [0.3, 0.4) is 0 Å². The minimum atomic E-state index is -1.04. The van der Waals surface area contributed by atoms with Crippen molar-refractivity contribution in [3.63, 3.8) is 0 Å². The molecule has 2 N–H and O–H groups in total. The van der Waals surface area contributed by atoms with Gasteiger partial charge >= 0.3 is 0 Å². The summed E-state index contributed by atoms with van der Waals surface area (Å²) in [4.78, 5) is 29.5. The minimum Gasteiger partial charge on any atom is -0.482 e. The van der Waals surface area contributed by atoms with Crippen molar-refractivity contribution in [1.82, 2.24) is 9.80 Å². The molecule has 0 radical (unpaired) electrons. The summed E-state index contributed by atoms with van der Waals surface area (Å²) in [5.41, 5.74) is 2.01. The average molecular weight is 496 g/mol. The van der Waals surface area contributed by atoms with Crippen LogP contribution in [-0.4, -0.2) is 71.7 Å². The first-order chi connectivity index (χ1) is 17.2. The highest BCUT2D eigenvalue weighted by Crippen LogP contribution is 2.44. The van der Waals surface area contributed by atoms with E-state index in [-0.39, 0.29) is 35.1 Å². The fraction of sp³-hybridized carbons (Fsp3) is 0.333. The number of allylic oxidation sites excluding steroid dienone is 1. The predicted octanol–water partition coefficient (Wildman–Crippen LogP) is 3.27. The molecule has 36 heavy (non-hydrogen) atoms. The van der Waals surface area contributed by atoms with E-state index in [2.05, 4.69) is 10.2 Å². The number of nitrogens with zero attached hydrogens (tertiary/aromatic N) is 2. The van der Waals surface area contributed by atoms with Crippen molar-refractivity contribution in [2.24, 2.45) is 0 Å². The summed E-state index contributed by atoms with van der Waals surface area (Å²) in [7, 11) is 0. The number of anilines is 1. The maximum Gasteiger partial charge on any atom is 0.260 e. The number of aliphatic hydroxyl groups is 1. The molecule has 7 nitrogen and oxygen atoms in total. The number of hydrogen-bond acceptors (Lipinski definition) is 5. The molecular weight excluding hydrogens is 468 g/mol. The van der Waals surface area contributed by atoms with Gasteiger partial charge in [0.1, 0.15) is 11.4 Å². The molecule has 3 heterocycles. The highest BCUT2D eigenvalue weighted by atomic mass is 19.2. The van der Waals surface area contributed by atoms with E-state index in [4.69, 9.17) is 9.84 Å². The second kappa shape index (κ2) is 9.15. The highest BCUT2D eigenvalue weighted by Gasteiger charge is 2.38. The number of rotatable bonds is 4. The van der Waals surface area contributed by atoms with Crippen LogP contribution in [0.5, 0.6) is 0 Å². The maximum absolute atomic E-state index is 13.9. The standard InChI is InChI=1S/C27H27F2N3O4/c1-27(2)19(14-23(36-27)24-18-13-20(28)21(29)15-22(18)30-25(24)34)16-3-5-17(6-4-16)26(35)32-9-7-31(8-10-32)11-12-33/h3-6,13-15,33H,7-12H2,1-2H3,(H,30,34). The van der Waals surface area contributed by atoms with Crippen LogP contribution in [0.2, 0.25) is 0 Å². The number of ether oxygens (including phenoxy) is 1. The minimum absolute atomic E-state index is 0.0441. The molecule has 0 unspecified atom stereocenters. The Kier molecular flexibility index (Phi) is 6.13. The fourth-order valence-electron chi connectivity index (χ4n) is 4.92. The van der Waals surface area contributed by atoms with Crippen LogP contribution < -0.4 is 5.32 Å². The zero-order valence-corrected chi connectivity index (χ0v) is 20.1. The van der Waals surface area contributed by atoms with Gasteiger partial charge in [0.2, 0.25) is 0 Å². The van der Waals surface area contributed by atoms with Gasteiger partial charge in [0.25, 0.3) is 11.8 Å². The molecule has 0 aromatic heterocycles. The number of halogens is 2. The van der Waals surface area contributed by atoms with Gasteiger partial charge in [-0.3, -0.25) is 14.5 Å². The third-order valence-corrected chi connectivity index (χ3v) is 6.86. The normalized spacial score (nSPS) is 21.2. The van der Waals surface area contributed by atoms with Crippen LogP contribution in [-0.2, 0) is 9.53 Å². The molecule has 2 aromatic carbocycles. The largest absolute Gasteiger partial charge is 0.482 e. The molecule has 0 spiro atoms. The van der Waals surface area contributed by atoms with Crippen LogP contribution in [0.1, 0.15) is 35.3 Å². The lowest BCUT2D eigenvalue weighted by Gasteiger charge is -2.34. The van der Waals surface area contributed by atoms with Gasteiger partial charge in [-0.1, -0.05) is 12.1 Å². The third-order valence-electron chi connectivity index (χ3n) is 6.86. The topological polar surface area (TPSA) is 82.1 Å². The summed E-state index contributed by atoms with van der Waals surface area (Å²) >= 11 is 0. The van der Waals surface area contributed by atoms with Crippen molar-refractivity contribution in [2.45, 2.75) is 19.4 Å². The molecule has 0 atom stereocenters. The fourth-order valence-corrected chi connectivity index (χ4v) is 4.92. The SMILES string of the molecule is CC1(C)OC(=C2C(=O)Nc3cc(F)c(F)cc32)C=C1c1ccc(C(=O)N2CCN(CCO)CC2)cc1. The van der Waals surface area contributed by atoms with Crippen molar-refractivity contribution in [3.8, 4) is 0 Å². The van der Waals surface area contributed by atoms with Gasteiger partial charge < -0.3 is 20.1 Å². The quantitative estimate of drug-likeness (QED) is 0.637. The van der Waals surface area contributed by atoms with Crippen LogP contribution in [0.25, 0.3) is 11.1 Å². The first-order valence-electron chi connectivity index (χ1n) is 11.9. The Morgan fingerprint density at radius 3 is 2.42 bits per heavy atom. The maximum atomic E-state index is 13.9. The Morgan fingerprint density at radius 1 is 1.08 bits per heavy atom. The van der Waals surface area contributed by atoms with Crippen molar-refractivity contribution in [3.05, 3.63) is 76.6 Å². The number of fused-ring (bicyclic) bond motifs is 1. The molecule has 3 aliphatic heterocycles. The molecule has 0 bridgehead atoms. The monoisotopic (exact) mass is 495 g/mol. The number of piperazine rings is 1. The molecule has 5 rings (SSSR count). The predicted molar refractivity (Wildman–Crippen MR) is 131 cm³/mol. The number of β-amino-alcohol motifs (C(OH)–C–C–N with tert-alkyl or cyclic N) is 1. The number of carbonyl (C=O) groups excluding carboxylic acids is 2. The Balaban J connectivity index is 1.40. The second-order valence-corrected chi connectivity index (χ2v) is 9.61. The van der Waals surface area contributed by atoms with Gasteiger partial charge in [-0.05, 0) is 43.7 Å². The smallest absolute Gasteiger partial charge is 0.260 e. The van der Waals surface area contributed by atoms with Gasteiger partial charge in [-0.15, -0.1) is 0 Å². The van der Waals surface area contributed by atoms with Gasteiger partial charge in [0.05, 0.1) is 17.9 Å². The Morgan fingerprint density at radius 2 is 1.75 bits per heavy atom. The molecule has 2 amide bonds. The summed E-state index contributed by atoms with van der Waals surface area (Å²) in [5.74, 6) is -2.33. The number of hydrogen-bond donors (Lipinski definition) is 2. The molecule has 0 saturated carbocycles. The van der Waals surface area contributed by atoms with E-state index >= 15 is 0 Å². The Hall–Kier alpha value is -3.56. The van der Waals surface area contributed by atoms with E-state index in [1.807, 2.05) is 30.9 Å². The summed E-state index contributed by atoms with van der Waals surface area (Å²) in [5, 5.41) is 11.7. The molecule has 9 heteroatoms. The van der Waals surface area contributed by atoms with Gasteiger partial charge in [0, 0.05) is 55.5 Å². The molecule has 188 valence electrons. The van der Waals surface area contributed by atoms with Crippen molar-refractivity contribution in [1.29, 1.82) is 0 Å². The van der Waals surface area contributed by atoms with Gasteiger partial charge in [-0.2, -0.15) is 0 Å². The summed E-state index contributed by atoms with van der Waals surface area (Å²) < 4.78 is 33.7. The third kappa shape index (κ3) is 4.29. The highest BCUT2D eigenvalue weighted by molar-refractivity contribution is 6.32. The Labute approximate surface area is 207 Å². The van der Waals surface area contributed by atoms with Crippen LogP contribution in [0.15, 0.2) is 48.2 Å². The lowest BCUT2D eigenvalue weighted by Crippen LogP contribution is -2.49. The molecule has 2 aromatic rings. The van der Waals surface area contributed by atoms with Crippen molar-refractivity contribution >= 4 is 28.6 Å². The van der Waals surface area contributed by atoms with Crippen LogP contribution in [0, 0.1) is 11.6 Å². The number of benzene rings is 2. The van der Waals surface area contributed by atoms with E-state index in [0.717, 1.165) is 36.4 Å². The lowest BCUT2D eigenvalue weighted by molar-refractivity contribution is -0.111. The van der Waals surface area contributed by atoms with Crippen molar-refractivity contribution < 1.29 is 28.2 Å². The summed E-state index contributed by atoms with van der Waals surface area (Å²) in [6.07, 6.45) is 1.74. The van der Waals surface area contributed by atoms with Gasteiger partial charge in [0.15, 0.2) is 11.6 Å². The Bertz CT molecular complexity index is 1290. The van der Waals surface area contributed by atoms with Crippen molar-refractivity contribution in [2.75, 3.05) is 44.6 Å². The van der Waals surface area contributed by atoms with E-state index < -0.39 is 23.1 Å².